The Bertz CT molecular complexity index is 947. The lowest BCUT2D eigenvalue weighted by atomic mass is 9.81. The molecule has 0 radical (unpaired) electrons. The van der Waals surface area contributed by atoms with Crippen LogP contribution in [0.2, 0.25) is 0 Å². The summed E-state index contributed by atoms with van der Waals surface area (Å²) in [5, 5.41) is 2.77. The van der Waals surface area contributed by atoms with Gasteiger partial charge in [0.05, 0.1) is 11.2 Å². The quantitative estimate of drug-likeness (QED) is 0.575. The fourth-order valence-electron chi connectivity index (χ4n) is 4.40. The molecule has 2 amide bonds. The average Bonchev–Trinajstić information content (AvgIpc) is 3.02. The number of likely N-dealkylation sites (N-methyl/N-ethyl adjacent to an activating group) is 1. The first-order valence-electron chi connectivity index (χ1n) is 13.2. The van der Waals surface area contributed by atoms with Crippen LogP contribution in [0, 0.1) is 5.92 Å². The van der Waals surface area contributed by atoms with Gasteiger partial charge in [0.2, 0.25) is 11.9 Å². The van der Waals surface area contributed by atoms with E-state index in [1.54, 1.807) is 45.1 Å². The molecule has 206 valence electrons. The lowest BCUT2D eigenvalue weighted by molar-refractivity contribution is -0.135. The van der Waals surface area contributed by atoms with Crippen LogP contribution in [0.25, 0.3) is 0 Å². The van der Waals surface area contributed by atoms with Crippen molar-refractivity contribution in [3.63, 3.8) is 0 Å². The standard InChI is InChI=1S/C26H44BN5O5/c1-17(2)20(30-23(34)35-24(3,4)5)21(33)31(10)19-12-11-13-32(16-19)22-28-14-18(15-29-22)27-36-25(6,7)26(8,9)37-27/h14-15,17,19-20H,11-13,16H2,1-10H3,(H,30,34)/t19-,20+/m1/s1. The van der Waals surface area contributed by atoms with E-state index in [0.717, 1.165) is 24.8 Å². The Morgan fingerprint density at radius 3 is 2.24 bits per heavy atom. The van der Waals surface area contributed by atoms with E-state index in [2.05, 4.69) is 20.2 Å². The average molecular weight is 517 g/mol. The Morgan fingerprint density at radius 2 is 1.73 bits per heavy atom. The minimum absolute atomic E-state index is 0.0330. The third-order valence-electron chi connectivity index (χ3n) is 7.36. The molecule has 2 saturated heterocycles. The Kier molecular flexibility index (Phi) is 8.49. The van der Waals surface area contributed by atoms with Gasteiger partial charge in [-0.15, -0.1) is 0 Å². The minimum Gasteiger partial charge on any atom is -0.444 e. The highest BCUT2D eigenvalue weighted by atomic mass is 16.7. The van der Waals surface area contributed by atoms with Crippen molar-refractivity contribution in [1.29, 1.82) is 0 Å². The molecule has 11 heteroatoms. The molecule has 1 N–H and O–H groups in total. The van der Waals surface area contributed by atoms with Crippen LogP contribution in [0.4, 0.5) is 10.7 Å². The van der Waals surface area contributed by atoms with Gasteiger partial charge in [-0.1, -0.05) is 13.8 Å². The van der Waals surface area contributed by atoms with Gasteiger partial charge in [0.1, 0.15) is 11.6 Å². The second-order valence-electron chi connectivity index (χ2n) is 12.5. The third-order valence-corrected chi connectivity index (χ3v) is 7.36. The van der Waals surface area contributed by atoms with Crippen LogP contribution in [0.5, 0.6) is 0 Å². The van der Waals surface area contributed by atoms with Gasteiger partial charge in [-0.2, -0.15) is 0 Å². The van der Waals surface area contributed by atoms with Crippen molar-refractivity contribution in [2.45, 2.75) is 104 Å². The number of aromatic nitrogens is 2. The fraction of sp³-hybridized carbons (Fsp3) is 0.769. The van der Waals surface area contributed by atoms with Crippen LogP contribution in [0.1, 0.15) is 75.2 Å². The number of hydrogen-bond acceptors (Lipinski definition) is 8. The van der Waals surface area contributed by atoms with Crippen molar-refractivity contribution in [3.8, 4) is 0 Å². The zero-order valence-electron chi connectivity index (χ0n) is 24.1. The first-order valence-corrected chi connectivity index (χ1v) is 13.2. The molecule has 1 aromatic rings. The summed E-state index contributed by atoms with van der Waals surface area (Å²) in [4.78, 5) is 38.8. The number of nitrogens with one attached hydrogen (secondary N) is 1. The van der Waals surface area contributed by atoms with Gasteiger partial charge < -0.3 is 29.2 Å². The lowest BCUT2D eigenvalue weighted by Gasteiger charge is -2.39. The van der Waals surface area contributed by atoms with E-state index in [1.165, 1.54) is 0 Å². The molecule has 0 spiro atoms. The summed E-state index contributed by atoms with van der Waals surface area (Å²) in [6.45, 7) is 18.7. The Balaban J connectivity index is 1.65. The lowest BCUT2D eigenvalue weighted by Crippen LogP contribution is -2.56. The number of nitrogens with zero attached hydrogens (tertiary/aromatic N) is 4. The first kappa shape index (κ1) is 29.2. The molecule has 2 fully saturated rings. The largest absolute Gasteiger partial charge is 0.498 e. The number of carbonyl (C=O) groups excluding carboxylic acids is 2. The topological polar surface area (TPSA) is 106 Å². The van der Waals surface area contributed by atoms with Crippen LogP contribution in [-0.4, -0.2) is 83.0 Å². The summed E-state index contributed by atoms with van der Waals surface area (Å²) >= 11 is 0. The van der Waals surface area contributed by atoms with E-state index in [0.29, 0.717) is 12.5 Å². The van der Waals surface area contributed by atoms with Gasteiger partial charge in [-0.3, -0.25) is 4.79 Å². The monoisotopic (exact) mass is 517 g/mol. The molecule has 37 heavy (non-hydrogen) atoms. The molecule has 2 aliphatic rings. The van der Waals surface area contributed by atoms with Crippen LogP contribution in [0.3, 0.4) is 0 Å². The molecule has 0 bridgehead atoms. The normalized spacial score (nSPS) is 22.1. The second-order valence-corrected chi connectivity index (χ2v) is 12.5. The fourth-order valence-corrected chi connectivity index (χ4v) is 4.40. The number of hydrogen-bond donors (Lipinski definition) is 1. The van der Waals surface area contributed by atoms with Gasteiger partial charge in [0.25, 0.3) is 0 Å². The summed E-state index contributed by atoms with van der Waals surface area (Å²) < 4.78 is 17.6. The van der Waals surface area contributed by atoms with Crippen molar-refractivity contribution in [2.75, 3.05) is 25.0 Å². The van der Waals surface area contributed by atoms with Crippen molar-refractivity contribution in [1.82, 2.24) is 20.2 Å². The maximum Gasteiger partial charge on any atom is 0.498 e. The SMILES string of the molecule is CC(C)[C@H](NC(=O)OC(C)(C)C)C(=O)N(C)[C@@H]1CCCN(c2ncc(B3OC(C)(C)C(C)(C)O3)cn2)C1. The molecular weight excluding hydrogens is 473 g/mol. The summed E-state index contributed by atoms with van der Waals surface area (Å²) in [7, 11) is 1.28. The predicted octanol–water partition coefficient (Wildman–Crippen LogP) is 2.75. The van der Waals surface area contributed by atoms with Crippen LogP contribution in [0.15, 0.2) is 12.4 Å². The number of amides is 2. The Morgan fingerprint density at radius 1 is 1.16 bits per heavy atom. The van der Waals surface area contributed by atoms with Crippen molar-refractivity contribution in [2.24, 2.45) is 5.92 Å². The number of piperidine rings is 1. The van der Waals surface area contributed by atoms with Gasteiger partial charge in [-0.05, 0) is 67.2 Å². The summed E-state index contributed by atoms with van der Waals surface area (Å²) in [6, 6.07) is -0.708. The number of carbonyl (C=O) groups is 2. The van der Waals surface area contributed by atoms with E-state index >= 15 is 0 Å². The zero-order chi connectivity index (χ0) is 27.8. The number of ether oxygens (including phenoxy) is 1. The maximum atomic E-state index is 13.4. The van der Waals surface area contributed by atoms with Crippen LogP contribution < -0.4 is 15.7 Å². The molecule has 0 unspecified atom stereocenters. The molecular formula is C26H44BN5O5. The van der Waals surface area contributed by atoms with E-state index in [4.69, 9.17) is 14.0 Å². The molecule has 0 saturated carbocycles. The summed E-state index contributed by atoms with van der Waals surface area (Å²) in [5.74, 6) is 0.385. The number of anilines is 1. The zero-order valence-corrected chi connectivity index (χ0v) is 24.1. The second kappa shape index (κ2) is 10.8. The van der Waals surface area contributed by atoms with Crippen LogP contribution in [-0.2, 0) is 18.8 Å². The van der Waals surface area contributed by atoms with Crippen LogP contribution >= 0.6 is 0 Å². The number of rotatable bonds is 6. The van der Waals surface area contributed by atoms with Crippen molar-refractivity contribution >= 4 is 30.5 Å². The third kappa shape index (κ3) is 6.93. The van der Waals surface area contributed by atoms with Gasteiger partial charge in [-0.25, -0.2) is 14.8 Å². The smallest absolute Gasteiger partial charge is 0.444 e. The van der Waals surface area contributed by atoms with E-state index in [-0.39, 0.29) is 17.9 Å². The van der Waals surface area contributed by atoms with Crippen molar-refractivity contribution < 1.29 is 23.6 Å². The molecule has 3 heterocycles. The highest BCUT2D eigenvalue weighted by Gasteiger charge is 2.52. The van der Waals surface area contributed by atoms with Crippen molar-refractivity contribution in [3.05, 3.63) is 12.4 Å². The molecule has 3 rings (SSSR count). The molecule has 2 aliphatic heterocycles. The van der Waals surface area contributed by atoms with Gasteiger partial charge >= 0.3 is 13.2 Å². The summed E-state index contributed by atoms with van der Waals surface area (Å²) in [6.07, 6.45) is 4.68. The van der Waals surface area contributed by atoms with E-state index in [1.807, 2.05) is 41.5 Å². The Labute approximate surface area is 222 Å². The molecule has 1 aromatic heterocycles. The molecule has 0 aromatic carbocycles. The highest BCUT2D eigenvalue weighted by molar-refractivity contribution is 6.61. The minimum atomic E-state index is -0.675. The number of alkyl carbamates (subject to hydrolysis) is 1. The molecule has 10 nitrogen and oxygen atoms in total. The van der Waals surface area contributed by atoms with E-state index in [9.17, 15) is 9.59 Å². The maximum absolute atomic E-state index is 13.4. The van der Waals surface area contributed by atoms with Gasteiger partial charge in [0, 0.05) is 44.0 Å². The highest BCUT2D eigenvalue weighted by Crippen LogP contribution is 2.36. The Hall–Kier alpha value is -2.40. The first-order chi connectivity index (χ1) is 17.0. The molecule has 0 aliphatic carbocycles. The van der Waals surface area contributed by atoms with Gasteiger partial charge in [0.15, 0.2) is 0 Å². The molecule has 2 atom stereocenters. The summed E-state index contributed by atoms with van der Waals surface area (Å²) in [5.41, 5.74) is -0.724. The predicted molar refractivity (Wildman–Crippen MR) is 144 cm³/mol. The van der Waals surface area contributed by atoms with E-state index < -0.39 is 36.1 Å².